The first-order chi connectivity index (χ1) is 13.0. The van der Waals surface area contributed by atoms with Crippen molar-refractivity contribution in [2.75, 3.05) is 11.4 Å². The van der Waals surface area contributed by atoms with Gasteiger partial charge in [-0.2, -0.15) is 0 Å². The van der Waals surface area contributed by atoms with E-state index in [1.165, 1.54) is 12.1 Å². The van der Waals surface area contributed by atoms with Crippen LogP contribution >= 0.6 is 0 Å². The molecule has 3 heterocycles. The lowest BCUT2D eigenvalue weighted by atomic mass is 10.2. The van der Waals surface area contributed by atoms with Crippen molar-refractivity contribution in [3.8, 4) is 0 Å². The van der Waals surface area contributed by atoms with E-state index in [2.05, 4.69) is 9.71 Å². The highest BCUT2D eigenvalue weighted by molar-refractivity contribution is 7.89. The van der Waals surface area contributed by atoms with Crippen LogP contribution in [0.2, 0.25) is 0 Å². The van der Waals surface area contributed by atoms with Gasteiger partial charge in [-0.1, -0.05) is 24.3 Å². The highest BCUT2D eigenvalue weighted by Gasteiger charge is 2.28. The average molecular weight is 383 g/mol. The summed E-state index contributed by atoms with van der Waals surface area (Å²) in [6.45, 7) is 0.625. The molecule has 1 N–H and O–H groups in total. The lowest BCUT2D eigenvalue weighted by Crippen LogP contribution is -2.28. The summed E-state index contributed by atoms with van der Waals surface area (Å²) in [5.41, 5.74) is 2.64. The number of sulfonamides is 1. The number of nitrogens with one attached hydrogen (secondary N) is 1. The van der Waals surface area contributed by atoms with Gasteiger partial charge in [0.15, 0.2) is 5.76 Å². The number of aromatic nitrogens is 1. The molecular weight excluding hydrogens is 366 g/mol. The molecule has 0 aliphatic carbocycles. The van der Waals surface area contributed by atoms with Crippen LogP contribution in [-0.2, 0) is 23.0 Å². The van der Waals surface area contributed by atoms with E-state index in [4.69, 9.17) is 4.42 Å². The minimum Gasteiger partial charge on any atom is -0.438 e. The van der Waals surface area contributed by atoms with Crippen LogP contribution in [0, 0.1) is 0 Å². The number of hydrogen-bond donors (Lipinski definition) is 1. The first-order valence-corrected chi connectivity index (χ1v) is 9.91. The number of furan rings is 1. The van der Waals surface area contributed by atoms with E-state index in [9.17, 15) is 13.2 Å². The maximum atomic E-state index is 12.7. The summed E-state index contributed by atoms with van der Waals surface area (Å²) in [6, 6.07) is 13.8. The van der Waals surface area contributed by atoms with Crippen molar-refractivity contribution in [2.45, 2.75) is 18.1 Å². The Bertz CT molecular complexity index is 1080. The van der Waals surface area contributed by atoms with Crippen molar-refractivity contribution in [1.29, 1.82) is 0 Å². The zero-order valence-corrected chi connectivity index (χ0v) is 15.1. The second-order valence-electron chi connectivity index (χ2n) is 6.14. The molecule has 0 unspecified atom stereocenters. The van der Waals surface area contributed by atoms with E-state index in [1.807, 2.05) is 24.3 Å². The van der Waals surface area contributed by atoms with Gasteiger partial charge in [-0.25, -0.2) is 13.1 Å². The number of pyridine rings is 1. The van der Waals surface area contributed by atoms with E-state index in [1.54, 1.807) is 29.4 Å². The molecule has 0 atom stereocenters. The third-order valence-electron chi connectivity index (χ3n) is 4.38. The van der Waals surface area contributed by atoms with Gasteiger partial charge in [0.1, 0.15) is 0 Å². The number of nitrogens with zero attached hydrogens (tertiary/aromatic N) is 2. The molecule has 4 rings (SSSR count). The van der Waals surface area contributed by atoms with Gasteiger partial charge in [0.05, 0.1) is 0 Å². The molecule has 0 bridgehead atoms. The lowest BCUT2D eigenvalue weighted by molar-refractivity contribution is 0.0957. The van der Waals surface area contributed by atoms with E-state index >= 15 is 0 Å². The molecule has 1 aliphatic heterocycles. The minimum atomic E-state index is -3.87. The van der Waals surface area contributed by atoms with Crippen molar-refractivity contribution in [2.24, 2.45) is 0 Å². The molecule has 8 heteroatoms. The molecule has 138 valence electrons. The van der Waals surface area contributed by atoms with Gasteiger partial charge in [0.25, 0.3) is 15.9 Å². The zero-order chi connectivity index (χ0) is 18.9. The summed E-state index contributed by atoms with van der Waals surface area (Å²) < 4.78 is 32.6. The first-order valence-electron chi connectivity index (χ1n) is 8.43. The van der Waals surface area contributed by atoms with Gasteiger partial charge >= 0.3 is 0 Å². The SMILES string of the molecule is O=C(c1ccc(S(=O)(=O)NCc2cccnc2)o1)N1CCc2ccccc21. The number of rotatable bonds is 5. The molecule has 7 nitrogen and oxygen atoms in total. The van der Waals surface area contributed by atoms with Crippen LogP contribution in [0.5, 0.6) is 0 Å². The van der Waals surface area contributed by atoms with E-state index in [0.717, 1.165) is 23.2 Å². The Hall–Kier alpha value is -2.97. The summed E-state index contributed by atoms with van der Waals surface area (Å²) >= 11 is 0. The van der Waals surface area contributed by atoms with Crippen LogP contribution in [0.1, 0.15) is 21.7 Å². The zero-order valence-electron chi connectivity index (χ0n) is 14.3. The largest absolute Gasteiger partial charge is 0.438 e. The number of para-hydroxylation sites is 1. The Labute approximate surface area is 156 Å². The van der Waals surface area contributed by atoms with E-state index in [0.29, 0.717) is 6.54 Å². The Morgan fingerprint density at radius 3 is 2.81 bits per heavy atom. The number of fused-ring (bicyclic) bond motifs is 1. The molecule has 1 amide bonds. The fourth-order valence-corrected chi connectivity index (χ4v) is 3.96. The van der Waals surface area contributed by atoms with Gasteiger partial charge in [-0.3, -0.25) is 9.78 Å². The second kappa shape index (κ2) is 6.98. The average Bonchev–Trinajstić information content (AvgIpc) is 3.35. The Kier molecular flexibility index (Phi) is 4.51. The predicted octanol–water partition coefficient (Wildman–Crippen LogP) is 2.36. The van der Waals surface area contributed by atoms with Crippen molar-refractivity contribution < 1.29 is 17.6 Å². The van der Waals surface area contributed by atoms with Crippen molar-refractivity contribution >= 4 is 21.6 Å². The van der Waals surface area contributed by atoms with Crippen LogP contribution in [0.4, 0.5) is 5.69 Å². The van der Waals surface area contributed by atoms with Gasteiger partial charge in [0, 0.05) is 31.2 Å². The Morgan fingerprint density at radius 1 is 1.15 bits per heavy atom. The fraction of sp³-hybridized carbons (Fsp3) is 0.158. The highest BCUT2D eigenvalue weighted by atomic mass is 32.2. The Morgan fingerprint density at radius 2 is 2.00 bits per heavy atom. The molecule has 0 spiro atoms. The molecule has 0 saturated carbocycles. The normalized spacial score (nSPS) is 13.6. The van der Waals surface area contributed by atoms with Crippen LogP contribution < -0.4 is 9.62 Å². The van der Waals surface area contributed by atoms with Gasteiger partial charge < -0.3 is 9.32 Å². The van der Waals surface area contributed by atoms with Crippen molar-refractivity contribution in [3.63, 3.8) is 0 Å². The molecule has 1 aliphatic rings. The van der Waals surface area contributed by atoms with Gasteiger partial charge in [-0.15, -0.1) is 0 Å². The van der Waals surface area contributed by atoms with Crippen molar-refractivity contribution in [1.82, 2.24) is 9.71 Å². The summed E-state index contributed by atoms with van der Waals surface area (Å²) in [5, 5.41) is -0.290. The van der Waals surface area contributed by atoms with Gasteiger partial charge in [0.2, 0.25) is 5.09 Å². The van der Waals surface area contributed by atoms with Gasteiger partial charge in [-0.05, 0) is 41.8 Å². The predicted molar refractivity (Wildman–Crippen MR) is 98.8 cm³/mol. The summed E-state index contributed by atoms with van der Waals surface area (Å²) in [6.07, 6.45) is 3.95. The number of benzene rings is 1. The second-order valence-corrected chi connectivity index (χ2v) is 7.84. The van der Waals surface area contributed by atoms with Crippen molar-refractivity contribution in [3.05, 3.63) is 77.8 Å². The lowest BCUT2D eigenvalue weighted by Gasteiger charge is -2.15. The van der Waals surface area contributed by atoms with Crippen LogP contribution in [-0.4, -0.2) is 25.9 Å². The smallest absolute Gasteiger partial charge is 0.294 e. The minimum absolute atomic E-state index is 0.00606. The molecular formula is C19H17N3O4S. The topological polar surface area (TPSA) is 92.5 Å². The maximum absolute atomic E-state index is 12.7. The number of anilines is 1. The molecule has 27 heavy (non-hydrogen) atoms. The van der Waals surface area contributed by atoms with E-state index < -0.39 is 10.0 Å². The number of carbonyl (C=O) groups is 1. The first kappa shape index (κ1) is 17.4. The highest BCUT2D eigenvalue weighted by Crippen LogP contribution is 2.29. The summed E-state index contributed by atoms with van der Waals surface area (Å²) in [7, 11) is -3.87. The monoisotopic (exact) mass is 383 g/mol. The maximum Gasteiger partial charge on any atom is 0.294 e. The number of hydrogen-bond acceptors (Lipinski definition) is 5. The molecule has 0 saturated heterocycles. The standard InChI is InChI=1S/C19H17N3O4S/c23-19(22-11-9-15-5-1-2-6-16(15)22)17-7-8-18(26-17)27(24,25)21-13-14-4-3-10-20-12-14/h1-8,10,12,21H,9,11,13H2. The van der Waals surface area contributed by atoms with Crippen LogP contribution in [0.25, 0.3) is 0 Å². The molecule has 2 aromatic heterocycles. The number of amides is 1. The molecule has 3 aromatic rings. The third-order valence-corrected chi connectivity index (χ3v) is 5.65. The molecule has 1 aromatic carbocycles. The van der Waals surface area contributed by atoms with Crippen LogP contribution in [0.15, 0.2) is 70.4 Å². The van der Waals surface area contributed by atoms with Crippen LogP contribution in [0.3, 0.4) is 0 Å². The fourth-order valence-electron chi connectivity index (χ4n) is 3.01. The quantitative estimate of drug-likeness (QED) is 0.730. The molecule has 0 fully saturated rings. The van der Waals surface area contributed by atoms with E-state index in [-0.39, 0.29) is 23.3 Å². The summed E-state index contributed by atoms with van der Waals surface area (Å²) in [5.74, 6) is -0.359. The third kappa shape index (κ3) is 3.49. The molecule has 0 radical (unpaired) electrons. The summed E-state index contributed by atoms with van der Waals surface area (Å²) in [4.78, 5) is 18.3. The number of carbonyl (C=O) groups excluding carboxylic acids is 1. The Balaban J connectivity index is 1.50.